The molecule has 0 aliphatic rings. The Morgan fingerprint density at radius 1 is 0.931 bits per heavy atom. The number of aromatic amines is 1. The number of rotatable bonds is 6. The van der Waals surface area contributed by atoms with Gasteiger partial charge in [-0.25, -0.2) is 8.78 Å². The van der Waals surface area contributed by atoms with Crippen LogP contribution < -0.4 is 10.1 Å². The Hall–Kier alpha value is -3.67. The van der Waals surface area contributed by atoms with E-state index >= 15 is 0 Å². The number of hydrogen-bond acceptors (Lipinski definition) is 2. The van der Waals surface area contributed by atoms with Crippen LogP contribution in [-0.4, -0.2) is 10.9 Å². The van der Waals surface area contributed by atoms with E-state index in [0.29, 0.717) is 18.1 Å². The second-order valence-corrected chi connectivity index (χ2v) is 6.59. The van der Waals surface area contributed by atoms with Crippen molar-refractivity contribution in [1.29, 1.82) is 0 Å². The summed E-state index contributed by atoms with van der Waals surface area (Å²) in [7, 11) is 0. The number of halogens is 2. The van der Waals surface area contributed by atoms with E-state index < -0.39 is 17.5 Å². The normalized spacial score (nSPS) is 10.8. The molecule has 4 nitrogen and oxygen atoms in total. The molecule has 0 aliphatic carbocycles. The maximum Gasteiger partial charge on any atom is 0.268 e. The van der Waals surface area contributed by atoms with Crippen LogP contribution in [0.2, 0.25) is 0 Å². The number of benzene rings is 3. The Balaban J connectivity index is 1.45. The molecule has 1 heterocycles. The van der Waals surface area contributed by atoms with E-state index in [-0.39, 0.29) is 12.1 Å². The first-order chi connectivity index (χ1) is 14.1. The van der Waals surface area contributed by atoms with Crippen molar-refractivity contribution in [3.8, 4) is 5.75 Å². The molecule has 0 atom stereocenters. The lowest BCUT2D eigenvalue weighted by atomic mass is 10.2. The molecule has 4 aromatic rings. The number of ether oxygens (including phenoxy) is 1. The summed E-state index contributed by atoms with van der Waals surface area (Å²) >= 11 is 0. The van der Waals surface area contributed by atoms with E-state index in [0.717, 1.165) is 28.6 Å². The van der Waals surface area contributed by atoms with Crippen molar-refractivity contribution in [3.63, 3.8) is 0 Å². The predicted molar refractivity (Wildman–Crippen MR) is 107 cm³/mol. The zero-order valence-electron chi connectivity index (χ0n) is 15.4. The summed E-state index contributed by atoms with van der Waals surface area (Å²) < 4.78 is 33.2. The number of nitrogens with one attached hydrogen (secondary N) is 2. The highest BCUT2D eigenvalue weighted by atomic mass is 19.1. The fourth-order valence-electron chi connectivity index (χ4n) is 3.02. The molecule has 0 radical (unpaired) electrons. The summed E-state index contributed by atoms with van der Waals surface area (Å²) in [5.74, 6) is -1.16. The largest absolute Gasteiger partial charge is 0.489 e. The average molecular weight is 392 g/mol. The molecule has 1 aromatic heterocycles. The summed E-state index contributed by atoms with van der Waals surface area (Å²) in [4.78, 5) is 15.4. The van der Waals surface area contributed by atoms with Crippen LogP contribution in [0.4, 0.5) is 8.78 Å². The maximum absolute atomic E-state index is 13.7. The first-order valence-electron chi connectivity index (χ1n) is 9.11. The molecule has 0 aliphatic heterocycles. The van der Waals surface area contributed by atoms with Gasteiger partial charge in [0.25, 0.3) is 5.91 Å². The zero-order chi connectivity index (χ0) is 20.2. The second kappa shape index (κ2) is 8.14. The van der Waals surface area contributed by atoms with Gasteiger partial charge >= 0.3 is 0 Å². The lowest BCUT2D eigenvalue weighted by Gasteiger charge is -2.06. The zero-order valence-corrected chi connectivity index (χ0v) is 15.4. The van der Waals surface area contributed by atoms with Gasteiger partial charge in [0.15, 0.2) is 0 Å². The van der Waals surface area contributed by atoms with Crippen LogP contribution in [0.1, 0.15) is 21.6 Å². The standard InChI is InChI=1S/C23H18F2N2O2/c24-19-7-4-8-20(25)18(19)13-26-23(28)22-11-16-9-10-17(12-21(16)27-22)29-14-15-5-2-1-3-6-15/h1-12,27H,13-14H2,(H,26,28). The Kier molecular flexibility index (Phi) is 5.24. The Labute approximate surface area is 166 Å². The third kappa shape index (κ3) is 4.27. The maximum atomic E-state index is 13.7. The molecule has 0 saturated carbocycles. The van der Waals surface area contributed by atoms with Gasteiger partial charge in [0.1, 0.15) is 29.7 Å². The lowest BCUT2D eigenvalue weighted by molar-refractivity contribution is 0.0946. The lowest BCUT2D eigenvalue weighted by Crippen LogP contribution is -2.24. The fraction of sp³-hybridized carbons (Fsp3) is 0.0870. The molecule has 0 saturated heterocycles. The van der Waals surface area contributed by atoms with Crippen LogP contribution >= 0.6 is 0 Å². The number of amides is 1. The van der Waals surface area contributed by atoms with E-state index in [1.165, 1.54) is 6.07 Å². The molecule has 0 spiro atoms. The van der Waals surface area contributed by atoms with Crippen molar-refractivity contribution in [1.82, 2.24) is 10.3 Å². The fourth-order valence-corrected chi connectivity index (χ4v) is 3.02. The minimum absolute atomic E-state index is 0.173. The van der Waals surface area contributed by atoms with E-state index in [9.17, 15) is 13.6 Å². The number of fused-ring (bicyclic) bond motifs is 1. The summed E-state index contributed by atoms with van der Waals surface area (Å²) in [6.45, 7) is 0.201. The van der Waals surface area contributed by atoms with Crippen molar-refractivity contribution in [2.45, 2.75) is 13.2 Å². The number of aromatic nitrogens is 1. The third-order valence-electron chi connectivity index (χ3n) is 4.57. The minimum atomic E-state index is -0.692. The minimum Gasteiger partial charge on any atom is -0.489 e. The van der Waals surface area contributed by atoms with Gasteiger partial charge in [-0.15, -0.1) is 0 Å². The van der Waals surface area contributed by atoms with Crippen LogP contribution in [0.5, 0.6) is 5.75 Å². The highest BCUT2D eigenvalue weighted by Crippen LogP contribution is 2.22. The van der Waals surface area contributed by atoms with Crippen LogP contribution in [0.25, 0.3) is 10.9 Å². The summed E-state index contributed by atoms with van der Waals surface area (Å²) in [6.07, 6.45) is 0. The predicted octanol–water partition coefficient (Wildman–Crippen LogP) is 4.96. The Bertz CT molecular complexity index is 1140. The Morgan fingerprint density at radius 3 is 2.45 bits per heavy atom. The molecule has 4 rings (SSSR count). The average Bonchev–Trinajstić information content (AvgIpc) is 3.16. The number of carbonyl (C=O) groups excluding carboxylic acids is 1. The van der Waals surface area contributed by atoms with Gasteiger partial charge in [-0.2, -0.15) is 0 Å². The SMILES string of the molecule is O=C(NCc1c(F)cccc1F)c1cc2ccc(OCc3ccccc3)cc2[nH]1. The van der Waals surface area contributed by atoms with Gasteiger partial charge in [-0.1, -0.05) is 36.4 Å². The van der Waals surface area contributed by atoms with Gasteiger partial charge in [0, 0.05) is 29.1 Å². The summed E-state index contributed by atoms with van der Waals surface area (Å²) in [6, 6.07) is 20.6. The van der Waals surface area contributed by atoms with Crippen molar-refractivity contribution in [2.75, 3.05) is 0 Å². The summed E-state index contributed by atoms with van der Waals surface area (Å²) in [5.41, 5.74) is 1.92. The monoisotopic (exact) mass is 392 g/mol. The molecule has 2 N–H and O–H groups in total. The smallest absolute Gasteiger partial charge is 0.268 e. The molecular weight excluding hydrogens is 374 g/mol. The van der Waals surface area contributed by atoms with E-state index in [4.69, 9.17) is 4.74 Å². The number of hydrogen-bond donors (Lipinski definition) is 2. The molecule has 0 bridgehead atoms. The van der Waals surface area contributed by atoms with Gasteiger partial charge in [0.2, 0.25) is 0 Å². The molecule has 0 unspecified atom stereocenters. The van der Waals surface area contributed by atoms with Crippen LogP contribution in [0.3, 0.4) is 0 Å². The molecule has 6 heteroatoms. The third-order valence-corrected chi connectivity index (χ3v) is 4.57. The van der Waals surface area contributed by atoms with Gasteiger partial charge in [-0.3, -0.25) is 4.79 Å². The van der Waals surface area contributed by atoms with Gasteiger partial charge in [0.05, 0.1) is 0 Å². The van der Waals surface area contributed by atoms with Crippen LogP contribution in [0, 0.1) is 11.6 Å². The van der Waals surface area contributed by atoms with Crippen LogP contribution in [0.15, 0.2) is 72.8 Å². The molecule has 29 heavy (non-hydrogen) atoms. The van der Waals surface area contributed by atoms with E-state index in [2.05, 4.69) is 10.3 Å². The highest BCUT2D eigenvalue weighted by Gasteiger charge is 2.13. The first kappa shape index (κ1) is 18.7. The number of carbonyl (C=O) groups is 1. The van der Waals surface area contributed by atoms with Crippen molar-refractivity contribution in [3.05, 3.63) is 101 Å². The molecule has 0 fully saturated rings. The summed E-state index contributed by atoms with van der Waals surface area (Å²) in [5, 5.41) is 3.37. The quantitative estimate of drug-likeness (QED) is 0.488. The molecule has 3 aromatic carbocycles. The van der Waals surface area contributed by atoms with Crippen molar-refractivity contribution < 1.29 is 18.3 Å². The highest BCUT2D eigenvalue weighted by molar-refractivity contribution is 5.98. The van der Waals surface area contributed by atoms with Crippen molar-refractivity contribution in [2.24, 2.45) is 0 Å². The molecule has 146 valence electrons. The number of H-pyrrole nitrogens is 1. The molecular formula is C23H18F2N2O2. The van der Waals surface area contributed by atoms with E-state index in [1.54, 1.807) is 6.07 Å². The topological polar surface area (TPSA) is 54.1 Å². The van der Waals surface area contributed by atoms with Gasteiger partial charge in [-0.05, 0) is 35.9 Å². The van der Waals surface area contributed by atoms with Gasteiger partial charge < -0.3 is 15.0 Å². The second-order valence-electron chi connectivity index (χ2n) is 6.59. The first-order valence-corrected chi connectivity index (χ1v) is 9.11. The molecule has 1 amide bonds. The van der Waals surface area contributed by atoms with E-state index in [1.807, 2.05) is 48.5 Å². The van der Waals surface area contributed by atoms with Crippen molar-refractivity contribution >= 4 is 16.8 Å². The van der Waals surface area contributed by atoms with Crippen LogP contribution in [-0.2, 0) is 13.2 Å². The Morgan fingerprint density at radius 2 is 1.69 bits per heavy atom.